The van der Waals surface area contributed by atoms with Crippen molar-refractivity contribution < 1.29 is 31.2 Å². The molecule has 11 nitrogen and oxygen atoms in total. The van der Waals surface area contributed by atoms with Crippen LogP contribution < -0.4 is 9.47 Å². The number of aromatic carboxylic acids is 1. The van der Waals surface area contributed by atoms with Crippen molar-refractivity contribution >= 4 is 17.1 Å². The Bertz CT molecular complexity index is 1730. The van der Waals surface area contributed by atoms with E-state index in [0.717, 1.165) is 18.3 Å². The molecule has 5 heterocycles. The van der Waals surface area contributed by atoms with Gasteiger partial charge in [0.25, 0.3) is 0 Å². The third kappa shape index (κ3) is 6.17. The third-order valence-electron chi connectivity index (χ3n) is 7.31. The molecular weight excluding hydrogens is 543 g/mol. The van der Waals surface area contributed by atoms with Crippen LogP contribution in [0.1, 0.15) is 49.6 Å². The first-order valence-corrected chi connectivity index (χ1v) is 13.6. The number of rotatable bonds is 10. The molecule has 42 heavy (non-hydrogen) atoms. The minimum atomic E-state index is -2.45. The molecule has 2 aliphatic rings. The molecule has 0 unspecified atom stereocenters. The SMILES string of the molecule is [2H]C([2H])(Oc1ccc(C#N)cc1F)c1cccc(OC2CCN(Cc3nc4ccc(C(=O)O)nc4n3C[C@@H]3CCO3)CC2)n1. The normalized spacial score (nSPS) is 18.5. The summed E-state index contributed by atoms with van der Waals surface area (Å²) < 4.78 is 50.0. The summed E-state index contributed by atoms with van der Waals surface area (Å²) in [6.07, 6.45) is 2.20. The van der Waals surface area contributed by atoms with Gasteiger partial charge in [-0.1, -0.05) is 6.07 Å². The van der Waals surface area contributed by atoms with Crippen LogP contribution in [-0.4, -0.2) is 67.4 Å². The average Bonchev–Trinajstić information content (AvgIpc) is 3.32. The number of hydrogen-bond donors (Lipinski definition) is 1. The standard InChI is InChI=1S/C30H29FN6O5/c31-23-14-19(15-32)4-7-26(23)41-18-20-2-1-3-28(33-20)42-21-8-11-36(12-9-21)17-27-34-24-5-6-25(30(38)39)35-29(24)37(27)16-22-10-13-40-22/h1-7,14,21-22H,8-13,16-18H2,(H,38,39)/t22-/m0/s1/i18D2. The maximum absolute atomic E-state index is 14.3. The molecule has 1 aromatic carbocycles. The van der Waals surface area contributed by atoms with E-state index >= 15 is 0 Å². The van der Waals surface area contributed by atoms with Crippen molar-refractivity contribution in [1.82, 2.24) is 24.4 Å². The predicted octanol–water partition coefficient (Wildman–Crippen LogP) is 3.95. The Morgan fingerprint density at radius 2 is 2.00 bits per heavy atom. The Hall–Kier alpha value is -4.60. The van der Waals surface area contributed by atoms with E-state index in [2.05, 4.69) is 14.9 Å². The van der Waals surface area contributed by atoms with Crippen molar-refractivity contribution in [3.05, 3.63) is 77.1 Å². The number of benzene rings is 1. The summed E-state index contributed by atoms with van der Waals surface area (Å²) in [4.78, 5) is 27.2. The van der Waals surface area contributed by atoms with E-state index in [-0.39, 0.29) is 40.8 Å². The van der Waals surface area contributed by atoms with Crippen LogP contribution in [0, 0.1) is 17.1 Å². The molecule has 0 saturated carbocycles. The minimum absolute atomic E-state index is 0.0311. The number of likely N-dealkylation sites (tertiary alicyclic amines) is 1. The highest BCUT2D eigenvalue weighted by Gasteiger charge is 2.26. The molecule has 2 fully saturated rings. The van der Waals surface area contributed by atoms with E-state index in [4.69, 9.17) is 27.2 Å². The summed E-state index contributed by atoms with van der Waals surface area (Å²) in [5.74, 6) is -1.25. The summed E-state index contributed by atoms with van der Waals surface area (Å²) in [6, 6.07) is 13.2. The minimum Gasteiger partial charge on any atom is -0.484 e. The maximum atomic E-state index is 14.3. The summed E-state index contributed by atoms with van der Waals surface area (Å²) in [5, 5.41) is 18.4. The van der Waals surface area contributed by atoms with Gasteiger partial charge in [-0.15, -0.1) is 0 Å². The van der Waals surface area contributed by atoms with E-state index in [9.17, 15) is 14.3 Å². The molecule has 2 aliphatic heterocycles. The van der Waals surface area contributed by atoms with Gasteiger partial charge in [0.15, 0.2) is 22.9 Å². The quantitative estimate of drug-likeness (QED) is 0.297. The van der Waals surface area contributed by atoms with Gasteiger partial charge in [-0.05, 0) is 55.7 Å². The second-order valence-corrected chi connectivity index (χ2v) is 10.2. The molecule has 4 aromatic rings. The molecule has 0 radical (unpaired) electrons. The summed E-state index contributed by atoms with van der Waals surface area (Å²) >= 11 is 0. The maximum Gasteiger partial charge on any atom is 0.354 e. The van der Waals surface area contributed by atoms with Gasteiger partial charge in [-0.2, -0.15) is 5.26 Å². The lowest BCUT2D eigenvalue weighted by Crippen LogP contribution is -2.39. The van der Waals surface area contributed by atoms with Gasteiger partial charge >= 0.3 is 5.97 Å². The van der Waals surface area contributed by atoms with E-state index < -0.39 is 18.3 Å². The van der Waals surface area contributed by atoms with Crippen LogP contribution in [0.4, 0.5) is 4.39 Å². The van der Waals surface area contributed by atoms with Crippen LogP contribution in [-0.2, 0) is 24.4 Å². The second-order valence-electron chi connectivity index (χ2n) is 10.2. The van der Waals surface area contributed by atoms with Crippen molar-refractivity contribution in [2.24, 2.45) is 0 Å². The number of fused-ring (bicyclic) bond motifs is 1. The van der Waals surface area contributed by atoms with E-state index in [1.54, 1.807) is 18.2 Å². The lowest BCUT2D eigenvalue weighted by molar-refractivity contribution is -0.0593. The molecule has 1 atom stereocenters. The van der Waals surface area contributed by atoms with Crippen LogP contribution in [0.15, 0.2) is 48.5 Å². The monoisotopic (exact) mass is 574 g/mol. The highest BCUT2D eigenvalue weighted by molar-refractivity contribution is 5.88. The molecule has 2 saturated heterocycles. The van der Waals surface area contributed by atoms with Crippen LogP contribution in [0.3, 0.4) is 0 Å². The first kappa shape index (κ1) is 25.1. The Labute approximate surface area is 243 Å². The fourth-order valence-electron chi connectivity index (χ4n) is 4.97. The molecule has 0 amide bonds. The van der Waals surface area contributed by atoms with Crippen molar-refractivity contribution in [3.8, 4) is 17.7 Å². The van der Waals surface area contributed by atoms with Crippen molar-refractivity contribution in [1.29, 1.82) is 5.26 Å². The Morgan fingerprint density at radius 1 is 1.17 bits per heavy atom. The number of pyridine rings is 2. The van der Waals surface area contributed by atoms with Crippen LogP contribution in [0.2, 0.25) is 0 Å². The molecule has 1 N–H and O–H groups in total. The summed E-state index contributed by atoms with van der Waals surface area (Å²) in [5.41, 5.74) is 1.16. The lowest BCUT2D eigenvalue weighted by atomic mass is 10.1. The number of ether oxygens (including phenoxy) is 3. The van der Waals surface area contributed by atoms with Crippen LogP contribution in [0.25, 0.3) is 11.2 Å². The molecule has 216 valence electrons. The second kappa shape index (κ2) is 12.1. The van der Waals surface area contributed by atoms with Gasteiger partial charge in [0.2, 0.25) is 5.88 Å². The zero-order valence-electron chi connectivity index (χ0n) is 24.6. The Kier molecular flexibility index (Phi) is 7.24. The number of piperidine rings is 1. The topological polar surface area (TPSA) is 136 Å². The van der Waals surface area contributed by atoms with Crippen molar-refractivity contribution in [3.63, 3.8) is 0 Å². The zero-order valence-corrected chi connectivity index (χ0v) is 22.6. The van der Waals surface area contributed by atoms with Gasteiger partial charge in [0, 0.05) is 25.8 Å². The van der Waals surface area contributed by atoms with Crippen molar-refractivity contribution in [2.45, 2.75) is 51.1 Å². The molecule has 12 heteroatoms. The largest absolute Gasteiger partial charge is 0.484 e. The number of carboxylic acid groups (broad SMARTS) is 1. The Morgan fingerprint density at radius 3 is 2.71 bits per heavy atom. The fourth-order valence-corrected chi connectivity index (χ4v) is 4.97. The van der Waals surface area contributed by atoms with Gasteiger partial charge in [-0.25, -0.2) is 24.1 Å². The molecule has 0 aliphatic carbocycles. The first-order chi connectivity index (χ1) is 21.2. The zero-order chi connectivity index (χ0) is 30.8. The number of aromatic nitrogens is 4. The summed E-state index contributed by atoms with van der Waals surface area (Å²) in [7, 11) is 0. The first-order valence-electron chi connectivity index (χ1n) is 14.6. The van der Waals surface area contributed by atoms with E-state index in [1.807, 2.05) is 10.6 Å². The van der Waals surface area contributed by atoms with E-state index in [1.165, 1.54) is 24.3 Å². The van der Waals surface area contributed by atoms with E-state index in [0.29, 0.717) is 56.8 Å². The smallest absolute Gasteiger partial charge is 0.354 e. The summed E-state index contributed by atoms with van der Waals surface area (Å²) in [6.45, 7) is 0.785. The Balaban J connectivity index is 1.09. The number of nitrogens with zero attached hydrogens (tertiary/aromatic N) is 6. The molecular formula is C30H29FN6O5. The fraction of sp³-hybridized carbons (Fsp3) is 0.367. The number of halogens is 1. The highest BCUT2D eigenvalue weighted by atomic mass is 19.1. The van der Waals surface area contributed by atoms with Gasteiger partial charge in [0.1, 0.15) is 24.0 Å². The number of carbonyl (C=O) groups is 1. The highest BCUT2D eigenvalue weighted by Crippen LogP contribution is 2.24. The molecule has 3 aromatic heterocycles. The molecule has 0 spiro atoms. The van der Waals surface area contributed by atoms with Gasteiger partial charge < -0.3 is 23.9 Å². The molecule has 6 rings (SSSR count). The van der Waals surface area contributed by atoms with Gasteiger partial charge in [-0.3, -0.25) is 4.90 Å². The number of nitriles is 1. The molecule has 0 bridgehead atoms. The van der Waals surface area contributed by atoms with Crippen LogP contribution >= 0.6 is 0 Å². The number of imidazole rings is 1. The average molecular weight is 575 g/mol. The predicted molar refractivity (Wildman–Crippen MR) is 147 cm³/mol. The third-order valence-corrected chi connectivity index (χ3v) is 7.31. The van der Waals surface area contributed by atoms with Crippen LogP contribution in [0.5, 0.6) is 11.6 Å². The van der Waals surface area contributed by atoms with Crippen molar-refractivity contribution in [2.75, 3.05) is 19.7 Å². The number of hydrogen-bond acceptors (Lipinski definition) is 9. The van der Waals surface area contributed by atoms with Gasteiger partial charge in [0.05, 0.1) is 39.3 Å². The number of carboxylic acids is 1. The lowest BCUT2D eigenvalue weighted by Gasteiger charge is -2.32.